The Balaban J connectivity index is 2.55. The van der Waals surface area contributed by atoms with Gasteiger partial charge >= 0.3 is 5.97 Å². The second-order valence-electron chi connectivity index (χ2n) is 3.40. The van der Waals surface area contributed by atoms with Crippen LogP contribution >= 0.6 is 0 Å². The zero-order chi connectivity index (χ0) is 9.52. The Labute approximate surface area is 79.0 Å². The van der Waals surface area contributed by atoms with Crippen molar-refractivity contribution in [3.63, 3.8) is 0 Å². The van der Waals surface area contributed by atoms with E-state index in [2.05, 4.69) is 6.08 Å². The number of rotatable bonds is 1. The zero-order valence-corrected chi connectivity index (χ0v) is 7.78. The Kier molecular flexibility index (Phi) is 4.30. The van der Waals surface area contributed by atoms with Crippen molar-refractivity contribution in [2.75, 3.05) is 0 Å². The van der Waals surface area contributed by atoms with Gasteiger partial charge in [-0.05, 0) is 19.3 Å². The van der Waals surface area contributed by atoms with E-state index in [0.29, 0.717) is 0 Å². The minimum absolute atomic E-state index is 0.289. The number of carboxylic acid groups (broad SMARTS) is 1. The van der Waals surface area contributed by atoms with Crippen molar-refractivity contribution in [2.45, 2.75) is 32.1 Å². The lowest BCUT2D eigenvalue weighted by molar-refractivity contribution is -0.140. The first-order chi connectivity index (χ1) is 6.30. The first-order valence-electron chi connectivity index (χ1n) is 4.87. The highest BCUT2D eigenvalue weighted by Gasteiger charge is 2.12. The molecule has 72 valence electrons. The highest BCUT2D eigenvalue weighted by atomic mass is 16.4. The molecule has 0 fully saturated rings. The Morgan fingerprint density at radius 2 is 2.08 bits per heavy atom. The van der Waals surface area contributed by atoms with Crippen LogP contribution in [0.1, 0.15) is 32.1 Å². The monoisotopic (exact) mass is 180 g/mol. The van der Waals surface area contributed by atoms with Crippen LogP contribution in [0.2, 0.25) is 0 Å². The van der Waals surface area contributed by atoms with Crippen molar-refractivity contribution in [1.82, 2.24) is 0 Å². The maximum absolute atomic E-state index is 10.7. The van der Waals surface area contributed by atoms with Gasteiger partial charge in [-0.3, -0.25) is 4.79 Å². The van der Waals surface area contributed by atoms with Crippen molar-refractivity contribution in [3.8, 4) is 0 Å². The van der Waals surface area contributed by atoms with Crippen molar-refractivity contribution in [3.05, 3.63) is 24.3 Å². The number of hydrogen-bond donors (Lipinski definition) is 1. The van der Waals surface area contributed by atoms with E-state index in [1.807, 2.05) is 12.2 Å². The average Bonchev–Trinajstić information content (AvgIpc) is 2.14. The molecule has 0 saturated heterocycles. The van der Waals surface area contributed by atoms with Gasteiger partial charge in [-0.2, -0.15) is 0 Å². The molecule has 0 amide bonds. The highest BCUT2D eigenvalue weighted by Crippen LogP contribution is 2.14. The molecule has 1 unspecified atom stereocenters. The van der Waals surface area contributed by atoms with E-state index in [9.17, 15) is 4.79 Å². The van der Waals surface area contributed by atoms with Gasteiger partial charge in [-0.15, -0.1) is 0 Å². The Morgan fingerprint density at radius 3 is 2.85 bits per heavy atom. The van der Waals surface area contributed by atoms with E-state index in [4.69, 9.17) is 5.11 Å². The molecule has 0 spiro atoms. The Bertz CT molecular complexity index is 216. The van der Waals surface area contributed by atoms with E-state index in [-0.39, 0.29) is 5.92 Å². The third kappa shape index (κ3) is 3.92. The van der Waals surface area contributed by atoms with Gasteiger partial charge in [-0.25, -0.2) is 0 Å². The maximum Gasteiger partial charge on any atom is 0.310 e. The zero-order valence-electron chi connectivity index (χ0n) is 7.78. The summed E-state index contributed by atoms with van der Waals surface area (Å²) in [6, 6.07) is 0. The topological polar surface area (TPSA) is 37.3 Å². The van der Waals surface area contributed by atoms with Gasteiger partial charge in [0.15, 0.2) is 0 Å². The molecule has 2 heteroatoms. The summed E-state index contributed by atoms with van der Waals surface area (Å²) >= 11 is 0. The van der Waals surface area contributed by atoms with Gasteiger partial charge in [0.1, 0.15) is 0 Å². The number of hydrogen-bond acceptors (Lipinski definition) is 1. The smallest absolute Gasteiger partial charge is 0.310 e. The highest BCUT2D eigenvalue weighted by molar-refractivity contribution is 5.72. The summed E-state index contributed by atoms with van der Waals surface area (Å²) in [5.74, 6) is -0.993. The molecule has 0 aromatic heterocycles. The van der Waals surface area contributed by atoms with E-state index in [1.54, 1.807) is 6.08 Å². The SMILES string of the molecule is O=C(O)C1C=CC=CCCCCC1. The van der Waals surface area contributed by atoms with Gasteiger partial charge in [0.05, 0.1) is 5.92 Å². The molecule has 1 aliphatic carbocycles. The number of aliphatic carboxylic acids is 1. The molecule has 1 rings (SSSR count). The third-order valence-corrected chi connectivity index (χ3v) is 2.29. The minimum atomic E-state index is -0.703. The molecule has 1 N–H and O–H groups in total. The summed E-state index contributed by atoms with van der Waals surface area (Å²) in [5, 5.41) is 8.84. The lowest BCUT2D eigenvalue weighted by atomic mass is 9.99. The molecule has 0 heterocycles. The molecule has 0 radical (unpaired) electrons. The standard InChI is InChI=1S/C11H16O2/c12-11(13)10-8-6-4-2-1-3-5-7-9-10/h2,4,6,8,10H,1,3,5,7,9H2,(H,12,13). The van der Waals surface area contributed by atoms with Crippen LogP contribution in [0.5, 0.6) is 0 Å². The van der Waals surface area contributed by atoms with Gasteiger partial charge in [-0.1, -0.05) is 37.1 Å². The molecule has 1 atom stereocenters. The number of carboxylic acids is 1. The third-order valence-electron chi connectivity index (χ3n) is 2.29. The van der Waals surface area contributed by atoms with Crippen molar-refractivity contribution < 1.29 is 9.90 Å². The molecule has 2 nitrogen and oxygen atoms in total. The molecule has 0 aromatic carbocycles. The molecular formula is C11H16O2. The maximum atomic E-state index is 10.7. The van der Waals surface area contributed by atoms with Gasteiger partial charge in [0.2, 0.25) is 0 Å². The average molecular weight is 180 g/mol. The molecule has 13 heavy (non-hydrogen) atoms. The molecule has 0 bridgehead atoms. The minimum Gasteiger partial charge on any atom is -0.481 e. The fraction of sp³-hybridized carbons (Fsp3) is 0.545. The van der Waals surface area contributed by atoms with E-state index >= 15 is 0 Å². The van der Waals surface area contributed by atoms with Crippen LogP contribution in [0.15, 0.2) is 24.3 Å². The van der Waals surface area contributed by atoms with Crippen LogP contribution in [0.25, 0.3) is 0 Å². The molecule has 1 aliphatic rings. The molecule has 0 aliphatic heterocycles. The predicted molar refractivity (Wildman–Crippen MR) is 52.5 cm³/mol. The lowest BCUT2D eigenvalue weighted by Crippen LogP contribution is -2.10. The Morgan fingerprint density at radius 1 is 1.23 bits per heavy atom. The normalized spacial score (nSPS) is 24.2. The summed E-state index contributed by atoms with van der Waals surface area (Å²) in [6.07, 6.45) is 12.9. The van der Waals surface area contributed by atoms with Crippen molar-refractivity contribution in [1.29, 1.82) is 0 Å². The predicted octanol–water partition coefficient (Wildman–Crippen LogP) is 2.76. The van der Waals surface area contributed by atoms with E-state index in [1.165, 1.54) is 6.42 Å². The van der Waals surface area contributed by atoms with E-state index in [0.717, 1.165) is 25.7 Å². The molecular weight excluding hydrogens is 164 g/mol. The van der Waals surface area contributed by atoms with Gasteiger partial charge in [0.25, 0.3) is 0 Å². The first kappa shape index (κ1) is 10.0. The first-order valence-corrected chi connectivity index (χ1v) is 4.87. The van der Waals surface area contributed by atoms with E-state index < -0.39 is 5.97 Å². The van der Waals surface area contributed by atoms with Crippen LogP contribution in [0.4, 0.5) is 0 Å². The van der Waals surface area contributed by atoms with Crippen LogP contribution in [-0.2, 0) is 4.79 Å². The van der Waals surface area contributed by atoms with Crippen LogP contribution < -0.4 is 0 Å². The summed E-state index contributed by atoms with van der Waals surface area (Å²) in [6.45, 7) is 0. The fourth-order valence-electron chi connectivity index (χ4n) is 1.48. The summed E-state index contributed by atoms with van der Waals surface area (Å²) in [5.41, 5.74) is 0. The largest absolute Gasteiger partial charge is 0.481 e. The van der Waals surface area contributed by atoms with Crippen LogP contribution in [0, 0.1) is 5.92 Å². The van der Waals surface area contributed by atoms with Gasteiger partial charge < -0.3 is 5.11 Å². The molecule has 0 aromatic rings. The lowest BCUT2D eigenvalue weighted by Gasteiger charge is -2.07. The van der Waals surface area contributed by atoms with Crippen molar-refractivity contribution in [2.24, 2.45) is 5.92 Å². The quantitative estimate of drug-likeness (QED) is 0.673. The second-order valence-corrected chi connectivity index (χ2v) is 3.40. The Hall–Kier alpha value is -1.05. The van der Waals surface area contributed by atoms with Crippen LogP contribution in [-0.4, -0.2) is 11.1 Å². The second kappa shape index (κ2) is 5.57. The summed E-state index contributed by atoms with van der Waals surface area (Å²) < 4.78 is 0. The van der Waals surface area contributed by atoms with Crippen LogP contribution in [0.3, 0.4) is 0 Å². The van der Waals surface area contributed by atoms with Crippen molar-refractivity contribution >= 4 is 5.97 Å². The fourth-order valence-corrected chi connectivity index (χ4v) is 1.48. The summed E-state index contributed by atoms with van der Waals surface area (Å²) in [7, 11) is 0. The number of allylic oxidation sites excluding steroid dienone is 3. The molecule has 0 saturated carbocycles. The summed E-state index contributed by atoms with van der Waals surface area (Å²) in [4.78, 5) is 10.7. The number of carbonyl (C=O) groups is 1. The van der Waals surface area contributed by atoms with Gasteiger partial charge in [0, 0.05) is 0 Å².